The maximum Gasteiger partial charge on any atom is 0.322 e. The maximum atomic E-state index is 10.6. The van der Waals surface area contributed by atoms with E-state index < -0.39 is 5.97 Å². The first-order valence-electron chi connectivity index (χ1n) is 5.45. The summed E-state index contributed by atoms with van der Waals surface area (Å²) in [6.07, 6.45) is 3.03. The highest BCUT2D eigenvalue weighted by atomic mass is 79.9. The van der Waals surface area contributed by atoms with Crippen molar-refractivity contribution >= 4 is 39.2 Å². The fraction of sp³-hybridized carbons (Fsp3) is 0.0833. The van der Waals surface area contributed by atoms with Crippen LogP contribution in [0.3, 0.4) is 0 Å². The largest absolute Gasteiger partial charge is 0.480 e. The predicted molar refractivity (Wildman–Crippen MR) is 75.6 cm³/mol. The highest BCUT2D eigenvalue weighted by molar-refractivity contribution is 9.10. The third kappa shape index (κ3) is 3.65. The molecule has 2 aromatic rings. The van der Waals surface area contributed by atoms with Crippen molar-refractivity contribution in [2.75, 3.05) is 17.2 Å². The number of carbonyl (C=O) groups is 1. The number of anilines is 3. The molecule has 0 atom stereocenters. The number of carboxylic acids is 1. The zero-order chi connectivity index (χ0) is 13.7. The number of hydrogen-bond acceptors (Lipinski definition) is 5. The van der Waals surface area contributed by atoms with E-state index in [1.54, 1.807) is 0 Å². The van der Waals surface area contributed by atoms with Gasteiger partial charge in [-0.3, -0.25) is 4.79 Å². The number of halogens is 1. The Morgan fingerprint density at radius 3 is 2.58 bits per heavy atom. The molecule has 0 bridgehead atoms. The summed E-state index contributed by atoms with van der Waals surface area (Å²) >= 11 is 3.42. The van der Waals surface area contributed by atoms with Gasteiger partial charge in [0.15, 0.2) is 11.6 Å². The Hall–Kier alpha value is -2.15. The summed E-state index contributed by atoms with van der Waals surface area (Å²) in [5.41, 5.74) is 0.821. The van der Waals surface area contributed by atoms with E-state index in [-0.39, 0.29) is 6.54 Å². The molecule has 3 N–H and O–H groups in total. The Bertz CT molecular complexity index is 591. The summed E-state index contributed by atoms with van der Waals surface area (Å²) < 4.78 is 0.879. The summed E-state index contributed by atoms with van der Waals surface area (Å²) in [7, 11) is 0. The van der Waals surface area contributed by atoms with E-state index in [4.69, 9.17) is 5.11 Å². The normalized spacial score (nSPS) is 9.95. The van der Waals surface area contributed by atoms with Gasteiger partial charge in [-0.05, 0) is 28.1 Å². The van der Waals surface area contributed by atoms with Gasteiger partial charge in [0.05, 0.1) is 5.69 Å². The molecule has 0 amide bonds. The highest BCUT2D eigenvalue weighted by Crippen LogP contribution is 2.26. The monoisotopic (exact) mass is 322 g/mol. The van der Waals surface area contributed by atoms with Gasteiger partial charge >= 0.3 is 5.97 Å². The molecule has 0 unspecified atom stereocenters. The van der Waals surface area contributed by atoms with E-state index >= 15 is 0 Å². The Balaban J connectivity index is 2.20. The number of nitrogens with one attached hydrogen (secondary N) is 2. The molecule has 0 saturated heterocycles. The molecule has 0 aliphatic heterocycles. The standard InChI is InChI=1S/C12H11BrN4O2/c13-8-3-1-2-4-9(8)17-12-11(14-5-6-15-12)16-7-10(18)19/h1-6H,7H2,(H,14,16)(H,15,17)(H,18,19). The number of aromatic nitrogens is 2. The first-order valence-corrected chi connectivity index (χ1v) is 6.24. The van der Waals surface area contributed by atoms with E-state index in [0.29, 0.717) is 11.6 Å². The SMILES string of the molecule is O=C(O)CNc1nccnc1Nc1ccccc1Br. The van der Waals surface area contributed by atoms with Crippen LogP contribution in [-0.4, -0.2) is 27.6 Å². The highest BCUT2D eigenvalue weighted by Gasteiger charge is 2.08. The molecule has 19 heavy (non-hydrogen) atoms. The summed E-state index contributed by atoms with van der Waals surface area (Å²) in [6, 6.07) is 7.55. The van der Waals surface area contributed by atoms with Crippen LogP contribution in [0.25, 0.3) is 0 Å². The molecule has 0 aliphatic rings. The summed E-state index contributed by atoms with van der Waals surface area (Å²) in [6.45, 7) is -0.219. The van der Waals surface area contributed by atoms with E-state index in [0.717, 1.165) is 10.2 Å². The Kier molecular flexibility index (Phi) is 4.30. The second kappa shape index (κ2) is 6.14. The molecule has 7 heteroatoms. The first kappa shape index (κ1) is 13.3. The Morgan fingerprint density at radius 1 is 1.21 bits per heavy atom. The van der Waals surface area contributed by atoms with Gasteiger partial charge in [0.2, 0.25) is 0 Å². The molecule has 0 fully saturated rings. The minimum absolute atomic E-state index is 0.219. The molecule has 1 heterocycles. The van der Waals surface area contributed by atoms with Crippen LogP contribution >= 0.6 is 15.9 Å². The molecule has 98 valence electrons. The van der Waals surface area contributed by atoms with Crippen molar-refractivity contribution in [3.63, 3.8) is 0 Å². The van der Waals surface area contributed by atoms with Crippen LogP contribution in [0.2, 0.25) is 0 Å². The lowest BCUT2D eigenvalue weighted by Crippen LogP contribution is -2.14. The van der Waals surface area contributed by atoms with Crippen molar-refractivity contribution < 1.29 is 9.90 Å². The quantitative estimate of drug-likeness (QED) is 0.784. The molecular formula is C12H11BrN4O2. The van der Waals surface area contributed by atoms with Gasteiger partial charge < -0.3 is 15.7 Å². The number of carboxylic acid groups (broad SMARTS) is 1. The molecular weight excluding hydrogens is 312 g/mol. The average Bonchev–Trinajstić information content (AvgIpc) is 2.40. The summed E-state index contributed by atoms with van der Waals surface area (Å²) in [5.74, 6) is -0.103. The average molecular weight is 323 g/mol. The second-order valence-corrected chi connectivity index (χ2v) is 4.46. The van der Waals surface area contributed by atoms with Gasteiger partial charge in [-0.2, -0.15) is 0 Å². The van der Waals surface area contributed by atoms with Crippen LogP contribution in [-0.2, 0) is 4.79 Å². The van der Waals surface area contributed by atoms with Crippen LogP contribution in [0.1, 0.15) is 0 Å². The molecule has 2 rings (SSSR count). The zero-order valence-electron chi connectivity index (χ0n) is 9.80. The number of para-hydroxylation sites is 1. The molecule has 1 aromatic heterocycles. The van der Waals surface area contributed by atoms with Crippen molar-refractivity contribution in [1.82, 2.24) is 9.97 Å². The first-order chi connectivity index (χ1) is 9.16. The second-order valence-electron chi connectivity index (χ2n) is 3.61. The number of rotatable bonds is 5. The lowest BCUT2D eigenvalue weighted by atomic mass is 10.3. The molecule has 0 aliphatic carbocycles. The zero-order valence-corrected chi connectivity index (χ0v) is 11.4. The summed E-state index contributed by atoms with van der Waals surface area (Å²) in [4.78, 5) is 18.8. The van der Waals surface area contributed by atoms with Crippen molar-refractivity contribution in [1.29, 1.82) is 0 Å². The smallest absolute Gasteiger partial charge is 0.322 e. The maximum absolute atomic E-state index is 10.6. The molecule has 6 nitrogen and oxygen atoms in total. The van der Waals surface area contributed by atoms with Crippen LogP contribution in [0.4, 0.5) is 17.3 Å². The van der Waals surface area contributed by atoms with Crippen LogP contribution in [0.5, 0.6) is 0 Å². The van der Waals surface area contributed by atoms with Crippen molar-refractivity contribution in [2.45, 2.75) is 0 Å². The molecule has 0 radical (unpaired) electrons. The Labute approximate surface area is 118 Å². The predicted octanol–water partition coefficient (Wildman–Crippen LogP) is 2.48. The lowest BCUT2D eigenvalue weighted by molar-refractivity contribution is -0.134. The van der Waals surface area contributed by atoms with Gasteiger partial charge in [0.1, 0.15) is 6.54 Å². The van der Waals surface area contributed by atoms with Crippen LogP contribution in [0.15, 0.2) is 41.1 Å². The van der Waals surface area contributed by atoms with Crippen molar-refractivity contribution in [2.24, 2.45) is 0 Å². The van der Waals surface area contributed by atoms with E-state index in [1.807, 2.05) is 24.3 Å². The number of hydrogen-bond donors (Lipinski definition) is 3. The van der Waals surface area contributed by atoms with Gasteiger partial charge in [-0.25, -0.2) is 9.97 Å². The van der Waals surface area contributed by atoms with Crippen LogP contribution < -0.4 is 10.6 Å². The van der Waals surface area contributed by atoms with Crippen molar-refractivity contribution in [3.05, 3.63) is 41.1 Å². The van der Waals surface area contributed by atoms with Crippen LogP contribution in [0, 0.1) is 0 Å². The van der Waals surface area contributed by atoms with E-state index in [2.05, 4.69) is 36.5 Å². The van der Waals surface area contributed by atoms with E-state index in [9.17, 15) is 4.79 Å². The lowest BCUT2D eigenvalue weighted by Gasteiger charge is -2.11. The number of aliphatic carboxylic acids is 1. The summed E-state index contributed by atoms with van der Waals surface area (Å²) in [5, 5.41) is 14.5. The minimum atomic E-state index is -0.961. The molecule has 0 saturated carbocycles. The third-order valence-electron chi connectivity index (χ3n) is 2.23. The van der Waals surface area contributed by atoms with Gasteiger partial charge in [-0.1, -0.05) is 12.1 Å². The molecule has 1 aromatic carbocycles. The van der Waals surface area contributed by atoms with E-state index in [1.165, 1.54) is 12.4 Å². The van der Waals surface area contributed by atoms with Gasteiger partial charge in [0, 0.05) is 16.9 Å². The fourth-order valence-electron chi connectivity index (χ4n) is 1.41. The fourth-order valence-corrected chi connectivity index (χ4v) is 1.79. The molecule has 0 spiro atoms. The van der Waals surface area contributed by atoms with Gasteiger partial charge in [0.25, 0.3) is 0 Å². The minimum Gasteiger partial charge on any atom is -0.480 e. The Morgan fingerprint density at radius 2 is 1.89 bits per heavy atom. The third-order valence-corrected chi connectivity index (χ3v) is 2.92. The van der Waals surface area contributed by atoms with Crippen molar-refractivity contribution in [3.8, 4) is 0 Å². The topological polar surface area (TPSA) is 87.1 Å². The number of benzene rings is 1. The van der Waals surface area contributed by atoms with Gasteiger partial charge in [-0.15, -0.1) is 0 Å². The number of nitrogens with zero attached hydrogens (tertiary/aromatic N) is 2.